The number of fused-ring (bicyclic) bond motifs is 1. The van der Waals surface area contributed by atoms with Crippen molar-refractivity contribution in [3.8, 4) is 0 Å². The Balaban J connectivity index is 2.55. The van der Waals surface area contributed by atoms with Crippen LogP contribution in [0.25, 0.3) is 10.9 Å². The van der Waals surface area contributed by atoms with Gasteiger partial charge in [-0.2, -0.15) is 0 Å². The summed E-state index contributed by atoms with van der Waals surface area (Å²) in [6, 6.07) is 4.91. The first-order chi connectivity index (χ1) is 7.61. The Labute approximate surface area is 102 Å². The summed E-state index contributed by atoms with van der Waals surface area (Å²) in [6.07, 6.45) is 1.07. The summed E-state index contributed by atoms with van der Waals surface area (Å²) in [4.78, 5) is 14.3. The molecule has 1 aromatic heterocycles. The Kier molecular flexibility index (Phi) is 2.90. The van der Waals surface area contributed by atoms with Crippen molar-refractivity contribution in [1.82, 2.24) is 4.98 Å². The Morgan fingerprint density at radius 3 is 2.81 bits per heavy atom. The average Bonchev–Trinajstić information content (AvgIpc) is 2.62. The van der Waals surface area contributed by atoms with E-state index in [4.69, 9.17) is 23.2 Å². The van der Waals surface area contributed by atoms with Crippen LogP contribution in [0.15, 0.2) is 31.0 Å². The summed E-state index contributed by atoms with van der Waals surface area (Å²) in [5.41, 5.74) is 0.993. The minimum atomic E-state index is -0.515. The van der Waals surface area contributed by atoms with Crippen LogP contribution in [0.2, 0.25) is 10.0 Å². The number of rotatable bonds is 2. The van der Waals surface area contributed by atoms with Gasteiger partial charge >= 0.3 is 5.97 Å². The van der Waals surface area contributed by atoms with Crippen molar-refractivity contribution in [2.75, 3.05) is 0 Å². The number of H-pyrrole nitrogens is 1. The number of nitrogens with one attached hydrogen (secondary N) is 1. The molecule has 0 aliphatic heterocycles. The minimum absolute atomic E-state index is 0.305. The van der Waals surface area contributed by atoms with Gasteiger partial charge in [-0.3, -0.25) is 0 Å². The fraction of sp³-hybridized carbons (Fsp3) is 0. The zero-order chi connectivity index (χ0) is 11.7. The number of aromatic amines is 1. The number of aromatic nitrogens is 1. The molecule has 3 nitrogen and oxygen atoms in total. The van der Waals surface area contributed by atoms with Crippen LogP contribution in [-0.4, -0.2) is 11.0 Å². The van der Waals surface area contributed by atoms with E-state index < -0.39 is 5.97 Å². The molecule has 0 aliphatic carbocycles. The van der Waals surface area contributed by atoms with E-state index in [1.807, 2.05) is 0 Å². The summed E-state index contributed by atoms with van der Waals surface area (Å²) in [6.45, 7) is 3.31. The zero-order valence-corrected chi connectivity index (χ0v) is 9.60. The van der Waals surface area contributed by atoms with Gasteiger partial charge < -0.3 is 9.72 Å². The maximum Gasteiger partial charge on any atom is 0.359 e. The Bertz CT molecular complexity index is 575. The number of carbonyl (C=O) groups excluding carboxylic acids is 1. The van der Waals surface area contributed by atoms with Crippen LogP contribution in [0, 0.1) is 0 Å². The monoisotopic (exact) mass is 255 g/mol. The molecule has 82 valence electrons. The van der Waals surface area contributed by atoms with Gasteiger partial charge in [0.2, 0.25) is 0 Å². The van der Waals surface area contributed by atoms with Gasteiger partial charge in [0.15, 0.2) is 0 Å². The molecular formula is C11H7Cl2NO2. The lowest BCUT2D eigenvalue weighted by atomic mass is 10.2. The van der Waals surface area contributed by atoms with Crippen molar-refractivity contribution in [2.45, 2.75) is 0 Å². The Morgan fingerprint density at radius 2 is 2.12 bits per heavy atom. The predicted molar refractivity (Wildman–Crippen MR) is 63.9 cm³/mol. The summed E-state index contributed by atoms with van der Waals surface area (Å²) >= 11 is 11.8. The lowest BCUT2D eigenvalue weighted by Gasteiger charge is -1.94. The number of esters is 1. The molecular weight excluding hydrogens is 249 g/mol. The molecule has 0 saturated heterocycles. The van der Waals surface area contributed by atoms with Crippen molar-refractivity contribution in [3.05, 3.63) is 46.8 Å². The van der Waals surface area contributed by atoms with Crippen molar-refractivity contribution in [1.29, 1.82) is 0 Å². The van der Waals surface area contributed by atoms with E-state index in [1.165, 1.54) is 0 Å². The number of ether oxygens (including phenoxy) is 1. The van der Waals surface area contributed by atoms with E-state index in [-0.39, 0.29) is 0 Å². The molecule has 0 bridgehead atoms. The van der Waals surface area contributed by atoms with Crippen LogP contribution >= 0.6 is 23.2 Å². The second-order valence-corrected chi connectivity index (χ2v) is 3.95. The second kappa shape index (κ2) is 4.20. The highest BCUT2D eigenvalue weighted by Gasteiger charge is 2.12. The number of halogens is 2. The van der Waals surface area contributed by atoms with Gasteiger partial charge in [0.05, 0.1) is 11.3 Å². The van der Waals surface area contributed by atoms with Gasteiger partial charge in [-0.1, -0.05) is 29.8 Å². The molecule has 1 heterocycles. The molecule has 16 heavy (non-hydrogen) atoms. The van der Waals surface area contributed by atoms with E-state index in [1.54, 1.807) is 18.2 Å². The zero-order valence-electron chi connectivity index (χ0n) is 8.09. The smallest absolute Gasteiger partial charge is 0.359 e. The largest absolute Gasteiger partial charge is 0.430 e. The van der Waals surface area contributed by atoms with Crippen LogP contribution in [0.5, 0.6) is 0 Å². The van der Waals surface area contributed by atoms with Gasteiger partial charge in [0.25, 0.3) is 0 Å². The molecule has 0 fully saturated rings. The predicted octanol–water partition coefficient (Wildman–Crippen LogP) is 3.78. The lowest BCUT2D eigenvalue weighted by Crippen LogP contribution is -1.99. The maximum absolute atomic E-state index is 11.4. The molecule has 0 amide bonds. The summed E-state index contributed by atoms with van der Waals surface area (Å²) in [7, 11) is 0. The highest BCUT2D eigenvalue weighted by molar-refractivity contribution is 6.38. The van der Waals surface area contributed by atoms with Crippen molar-refractivity contribution in [3.63, 3.8) is 0 Å². The SMILES string of the molecule is C=COC(=O)c1cc2c(Cl)cc(Cl)cc2[nH]1. The van der Waals surface area contributed by atoms with E-state index >= 15 is 0 Å². The normalized spacial score (nSPS) is 10.4. The quantitative estimate of drug-likeness (QED) is 0.656. The molecule has 5 heteroatoms. The van der Waals surface area contributed by atoms with Crippen LogP contribution < -0.4 is 0 Å². The Morgan fingerprint density at radius 1 is 1.38 bits per heavy atom. The van der Waals surface area contributed by atoms with Gasteiger partial charge in [-0.15, -0.1) is 0 Å². The molecule has 0 unspecified atom stereocenters. The molecule has 0 saturated carbocycles. The molecule has 1 N–H and O–H groups in total. The third-order valence-electron chi connectivity index (χ3n) is 2.06. The molecule has 0 aliphatic rings. The van der Waals surface area contributed by atoms with Crippen LogP contribution in [0.4, 0.5) is 0 Å². The summed E-state index contributed by atoms with van der Waals surface area (Å²) in [5, 5.41) is 1.71. The van der Waals surface area contributed by atoms with Crippen molar-refractivity contribution >= 4 is 40.1 Å². The third kappa shape index (κ3) is 1.92. The molecule has 0 radical (unpaired) electrons. The van der Waals surface area contributed by atoms with Gasteiger partial charge in [0, 0.05) is 15.9 Å². The van der Waals surface area contributed by atoms with E-state index in [2.05, 4.69) is 16.3 Å². The van der Waals surface area contributed by atoms with Crippen molar-refractivity contribution < 1.29 is 9.53 Å². The van der Waals surface area contributed by atoms with E-state index in [9.17, 15) is 4.79 Å². The first kappa shape index (κ1) is 11.0. The number of benzene rings is 1. The number of hydrogen-bond donors (Lipinski definition) is 1. The third-order valence-corrected chi connectivity index (χ3v) is 2.59. The summed E-state index contributed by atoms with van der Waals surface area (Å²) < 4.78 is 4.65. The fourth-order valence-electron chi connectivity index (χ4n) is 1.41. The molecule has 1 aromatic carbocycles. The topological polar surface area (TPSA) is 42.1 Å². The average molecular weight is 256 g/mol. The number of carbonyl (C=O) groups is 1. The lowest BCUT2D eigenvalue weighted by molar-refractivity contribution is 0.0659. The molecule has 0 spiro atoms. The number of hydrogen-bond acceptors (Lipinski definition) is 2. The van der Waals surface area contributed by atoms with Gasteiger partial charge in [-0.25, -0.2) is 4.79 Å². The minimum Gasteiger partial charge on any atom is -0.430 e. The molecule has 2 rings (SSSR count). The first-order valence-electron chi connectivity index (χ1n) is 4.41. The van der Waals surface area contributed by atoms with E-state index in [0.29, 0.717) is 21.3 Å². The van der Waals surface area contributed by atoms with Gasteiger partial charge in [-0.05, 0) is 18.2 Å². The van der Waals surface area contributed by atoms with Gasteiger partial charge in [0.1, 0.15) is 5.69 Å². The fourth-order valence-corrected chi connectivity index (χ4v) is 1.96. The standard InChI is InChI=1S/C11H7Cl2NO2/c1-2-16-11(15)10-5-7-8(13)3-6(12)4-9(7)14-10/h2-5,14H,1H2. The molecule has 2 aromatic rings. The van der Waals surface area contributed by atoms with E-state index in [0.717, 1.165) is 11.6 Å². The molecule has 0 atom stereocenters. The van der Waals surface area contributed by atoms with Crippen LogP contribution in [0.1, 0.15) is 10.5 Å². The first-order valence-corrected chi connectivity index (χ1v) is 5.17. The Hall–Kier alpha value is -1.45. The summed E-state index contributed by atoms with van der Waals surface area (Å²) in [5.74, 6) is -0.515. The van der Waals surface area contributed by atoms with Crippen LogP contribution in [0.3, 0.4) is 0 Å². The maximum atomic E-state index is 11.4. The highest BCUT2D eigenvalue weighted by Crippen LogP contribution is 2.28. The van der Waals surface area contributed by atoms with Crippen molar-refractivity contribution in [2.24, 2.45) is 0 Å². The second-order valence-electron chi connectivity index (χ2n) is 3.10. The van der Waals surface area contributed by atoms with Crippen LogP contribution in [-0.2, 0) is 4.74 Å². The highest BCUT2D eigenvalue weighted by atomic mass is 35.5.